The van der Waals surface area contributed by atoms with Crippen molar-refractivity contribution in [3.63, 3.8) is 0 Å². The number of hydrogen-bond acceptors (Lipinski definition) is 4. The average molecular weight is 447 g/mol. The summed E-state index contributed by atoms with van der Waals surface area (Å²) in [5.74, 6) is -3.29. The standard InChI is InChI=1S/C26H32F2O4/c1-2-3-4-5-6-7-8-9-10-11-15-31-25(29)20-13-12-14-21(16-20)26(30)32-24-18-22(27)17-23(28)19-24/h12-14,16-19H,2-11,15H2,1H3. The number of unbranched alkanes of at least 4 members (excludes halogenated alkanes) is 9. The second kappa shape index (κ2) is 14.3. The van der Waals surface area contributed by atoms with Gasteiger partial charge in [0.15, 0.2) is 0 Å². The predicted octanol–water partition coefficient (Wildman–Crippen LogP) is 7.26. The van der Waals surface area contributed by atoms with E-state index in [0.717, 1.165) is 31.4 Å². The Balaban J connectivity index is 1.70. The second-order valence-corrected chi connectivity index (χ2v) is 7.89. The van der Waals surface area contributed by atoms with Crippen LogP contribution in [0.4, 0.5) is 8.78 Å². The van der Waals surface area contributed by atoms with Crippen LogP contribution in [0.2, 0.25) is 0 Å². The molecule has 0 unspecified atom stereocenters. The lowest BCUT2D eigenvalue weighted by atomic mass is 10.1. The van der Waals surface area contributed by atoms with Gasteiger partial charge in [-0.2, -0.15) is 0 Å². The Morgan fingerprint density at radius 1 is 0.719 bits per heavy atom. The number of hydrogen-bond donors (Lipinski definition) is 0. The molecule has 0 radical (unpaired) electrons. The highest BCUT2D eigenvalue weighted by Gasteiger charge is 2.14. The molecule has 6 heteroatoms. The zero-order valence-electron chi connectivity index (χ0n) is 18.7. The van der Waals surface area contributed by atoms with Gasteiger partial charge in [0, 0.05) is 18.2 Å². The van der Waals surface area contributed by atoms with Gasteiger partial charge in [0.05, 0.1) is 17.7 Å². The van der Waals surface area contributed by atoms with Gasteiger partial charge in [0.25, 0.3) is 0 Å². The van der Waals surface area contributed by atoms with Crippen LogP contribution in [0, 0.1) is 11.6 Å². The third-order valence-electron chi connectivity index (χ3n) is 5.11. The van der Waals surface area contributed by atoms with Gasteiger partial charge in [-0.15, -0.1) is 0 Å². The van der Waals surface area contributed by atoms with Crippen molar-refractivity contribution < 1.29 is 27.8 Å². The van der Waals surface area contributed by atoms with Crippen molar-refractivity contribution in [2.75, 3.05) is 6.61 Å². The Morgan fingerprint density at radius 2 is 1.25 bits per heavy atom. The van der Waals surface area contributed by atoms with E-state index < -0.39 is 23.6 Å². The maximum Gasteiger partial charge on any atom is 0.343 e. The van der Waals surface area contributed by atoms with Gasteiger partial charge in [0.2, 0.25) is 0 Å². The largest absolute Gasteiger partial charge is 0.462 e. The van der Waals surface area contributed by atoms with Crippen molar-refractivity contribution in [3.8, 4) is 5.75 Å². The Kier molecular flexibility index (Phi) is 11.4. The van der Waals surface area contributed by atoms with Crippen LogP contribution in [0.25, 0.3) is 0 Å². The molecule has 0 aliphatic carbocycles. The summed E-state index contributed by atoms with van der Waals surface area (Å²) in [5, 5.41) is 0. The van der Waals surface area contributed by atoms with E-state index in [1.165, 1.54) is 63.1 Å². The fourth-order valence-electron chi connectivity index (χ4n) is 3.36. The van der Waals surface area contributed by atoms with Crippen molar-refractivity contribution in [2.24, 2.45) is 0 Å². The quantitative estimate of drug-likeness (QED) is 0.174. The zero-order valence-corrected chi connectivity index (χ0v) is 18.7. The third kappa shape index (κ3) is 9.58. The number of rotatable bonds is 14. The molecule has 4 nitrogen and oxygen atoms in total. The highest BCUT2D eigenvalue weighted by molar-refractivity contribution is 5.96. The molecule has 2 aromatic rings. The van der Waals surface area contributed by atoms with Crippen LogP contribution in [0.5, 0.6) is 5.75 Å². The van der Waals surface area contributed by atoms with E-state index in [4.69, 9.17) is 9.47 Å². The van der Waals surface area contributed by atoms with Gasteiger partial charge < -0.3 is 9.47 Å². The summed E-state index contributed by atoms with van der Waals surface area (Å²) in [4.78, 5) is 24.5. The average Bonchev–Trinajstić information content (AvgIpc) is 2.76. The molecule has 0 atom stereocenters. The van der Waals surface area contributed by atoms with Gasteiger partial charge in [0.1, 0.15) is 17.4 Å². The first-order valence-corrected chi connectivity index (χ1v) is 11.4. The lowest BCUT2D eigenvalue weighted by Crippen LogP contribution is -2.11. The zero-order chi connectivity index (χ0) is 23.2. The summed E-state index contributed by atoms with van der Waals surface area (Å²) in [6.07, 6.45) is 11.9. The van der Waals surface area contributed by atoms with Crippen LogP contribution in [0.3, 0.4) is 0 Å². The molecule has 0 fully saturated rings. The number of carbonyl (C=O) groups is 2. The Bertz CT molecular complexity index is 846. The first-order valence-electron chi connectivity index (χ1n) is 11.4. The summed E-state index contributed by atoms with van der Waals surface area (Å²) >= 11 is 0. The molecule has 0 heterocycles. The number of halogens is 2. The lowest BCUT2D eigenvalue weighted by Gasteiger charge is -2.08. The molecule has 0 aromatic heterocycles. The minimum Gasteiger partial charge on any atom is -0.462 e. The summed E-state index contributed by atoms with van der Waals surface area (Å²) in [5.41, 5.74) is 0.306. The fraction of sp³-hybridized carbons (Fsp3) is 0.462. The minimum atomic E-state index is -0.850. The van der Waals surface area contributed by atoms with Crippen molar-refractivity contribution in [3.05, 3.63) is 65.2 Å². The second-order valence-electron chi connectivity index (χ2n) is 7.89. The maximum atomic E-state index is 13.2. The predicted molar refractivity (Wildman–Crippen MR) is 120 cm³/mol. The van der Waals surface area contributed by atoms with Crippen LogP contribution in [0.1, 0.15) is 91.8 Å². The van der Waals surface area contributed by atoms with Crippen LogP contribution < -0.4 is 4.74 Å². The van der Waals surface area contributed by atoms with Crippen LogP contribution in [0.15, 0.2) is 42.5 Å². The summed E-state index contributed by atoms with van der Waals surface area (Å²) in [7, 11) is 0. The van der Waals surface area contributed by atoms with E-state index in [1.54, 1.807) is 6.07 Å². The van der Waals surface area contributed by atoms with Crippen molar-refractivity contribution in [2.45, 2.75) is 71.1 Å². The van der Waals surface area contributed by atoms with Gasteiger partial charge in [-0.1, -0.05) is 70.8 Å². The molecule has 2 aromatic carbocycles. The highest BCUT2D eigenvalue weighted by Crippen LogP contribution is 2.18. The molecule has 0 N–H and O–H groups in total. The fourth-order valence-corrected chi connectivity index (χ4v) is 3.36. The Labute approximate surface area is 188 Å². The molecule has 32 heavy (non-hydrogen) atoms. The molecular formula is C26H32F2O4. The molecule has 0 aliphatic heterocycles. The van der Waals surface area contributed by atoms with Crippen molar-refractivity contribution in [1.29, 1.82) is 0 Å². The molecule has 0 aliphatic rings. The number of carbonyl (C=O) groups excluding carboxylic acids is 2. The number of esters is 2. The molecular weight excluding hydrogens is 414 g/mol. The molecule has 0 saturated carbocycles. The molecule has 0 saturated heterocycles. The highest BCUT2D eigenvalue weighted by atomic mass is 19.1. The van der Waals surface area contributed by atoms with E-state index >= 15 is 0 Å². The third-order valence-corrected chi connectivity index (χ3v) is 5.11. The summed E-state index contributed by atoms with van der Waals surface area (Å²) in [6, 6.07) is 8.37. The van der Waals surface area contributed by atoms with E-state index in [2.05, 4.69) is 6.92 Å². The van der Waals surface area contributed by atoms with Crippen LogP contribution >= 0.6 is 0 Å². The van der Waals surface area contributed by atoms with E-state index in [9.17, 15) is 18.4 Å². The summed E-state index contributed by atoms with van der Waals surface area (Å²) in [6.45, 7) is 2.54. The smallest absolute Gasteiger partial charge is 0.343 e. The first kappa shape index (κ1) is 25.5. The molecule has 2 rings (SSSR count). The van der Waals surface area contributed by atoms with Gasteiger partial charge >= 0.3 is 11.9 Å². The Morgan fingerprint density at radius 3 is 1.84 bits per heavy atom. The van der Waals surface area contributed by atoms with E-state index in [0.29, 0.717) is 12.7 Å². The van der Waals surface area contributed by atoms with Gasteiger partial charge in [-0.05, 0) is 24.6 Å². The van der Waals surface area contributed by atoms with Gasteiger partial charge in [-0.3, -0.25) is 0 Å². The SMILES string of the molecule is CCCCCCCCCCCCOC(=O)c1cccc(C(=O)Oc2cc(F)cc(F)c2)c1. The summed E-state index contributed by atoms with van der Waals surface area (Å²) < 4.78 is 36.8. The lowest BCUT2D eigenvalue weighted by molar-refractivity contribution is 0.0497. The van der Waals surface area contributed by atoms with E-state index in [1.807, 2.05) is 0 Å². The van der Waals surface area contributed by atoms with Crippen molar-refractivity contribution >= 4 is 11.9 Å². The van der Waals surface area contributed by atoms with Crippen LogP contribution in [-0.2, 0) is 4.74 Å². The normalized spacial score (nSPS) is 10.7. The van der Waals surface area contributed by atoms with Crippen LogP contribution in [-0.4, -0.2) is 18.5 Å². The van der Waals surface area contributed by atoms with Crippen molar-refractivity contribution in [1.82, 2.24) is 0 Å². The first-order chi connectivity index (χ1) is 15.5. The molecule has 0 amide bonds. The molecule has 0 spiro atoms. The topological polar surface area (TPSA) is 52.6 Å². The maximum absolute atomic E-state index is 13.2. The molecule has 0 bridgehead atoms. The van der Waals surface area contributed by atoms with E-state index in [-0.39, 0.29) is 16.9 Å². The van der Waals surface area contributed by atoms with Gasteiger partial charge in [-0.25, -0.2) is 18.4 Å². The number of ether oxygens (including phenoxy) is 2. The number of benzene rings is 2. The minimum absolute atomic E-state index is 0.0862. The monoisotopic (exact) mass is 446 g/mol. The molecule has 174 valence electrons. The Hall–Kier alpha value is -2.76.